The number of nitrogens with one attached hydrogen (secondary N) is 3. The molecule has 0 aliphatic carbocycles. The predicted molar refractivity (Wildman–Crippen MR) is 93.3 cm³/mol. The Balaban J connectivity index is 1.93. The zero-order valence-electron chi connectivity index (χ0n) is 13.1. The molecule has 0 saturated heterocycles. The Morgan fingerprint density at radius 1 is 1.40 bits per heavy atom. The van der Waals surface area contributed by atoms with E-state index in [-0.39, 0.29) is 16.6 Å². The number of anilines is 3. The Morgan fingerprint density at radius 3 is 2.88 bits per heavy atom. The third kappa shape index (κ3) is 3.75. The maximum absolute atomic E-state index is 11.0. The van der Waals surface area contributed by atoms with E-state index in [1.807, 2.05) is 6.92 Å². The van der Waals surface area contributed by atoms with Crippen molar-refractivity contribution < 1.29 is 9.90 Å². The molecule has 2 heterocycles. The molecule has 6 N–H and O–H groups in total. The van der Waals surface area contributed by atoms with Crippen molar-refractivity contribution in [2.75, 3.05) is 17.2 Å². The molecule has 0 fully saturated rings. The maximum Gasteiger partial charge on any atom is 0.337 e. The number of nitrogens with zero attached hydrogens (tertiary/aromatic N) is 4. The smallest absolute Gasteiger partial charge is 0.337 e. The van der Waals surface area contributed by atoms with Crippen LogP contribution in [0.15, 0.2) is 18.2 Å². The van der Waals surface area contributed by atoms with E-state index in [1.165, 1.54) is 12.1 Å². The number of benzene rings is 1. The summed E-state index contributed by atoms with van der Waals surface area (Å²) in [6, 6.07) is 4.41. The third-order valence-electron chi connectivity index (χ3n) is 3.23. The second-order valence-electron chi connectivity index (χ2n) is 5.37. The monoisotopic (exact) mass is 362 g/mol. The van der Waals surface area contributed by atoms with E-state index >= 15 is 0 Å². The molecule has 0 bridgehead atoms. The van der Waals surface area contributed by atoms with Gasteiger partial charge in [-0.1, -0.05) is 11.6 Å². The number of hydrogen-bond acceptors (Lipinski definition) is 8. The van der Waals surface area contributed by atoms with E-state index in [1.54, 1.807) is 6.07 Å². The highest BCUT2D eigenvalue weighted by Crippen LogP contribution is 2.26. The van der Waals surface area contributed by atoms with Gasteiger partial charge in [0.1, 0.15) is 0 Å². The minimum Gasteiger partial charge on any atom is -0.478 e. The average Bonchev–Trinajstić information content (AvgIpc) is 3.01. The Morgan fingerprint density at radius 2 is 2.20 bits per heavy atom. The molecule has 0 radical (unpaired) electrons. The van der Waals surface area contributed by atoms with Crippen LogP contribution >= 0.6 is 11.6 Å². The first-order valence-electron chi connectivity index (χ1n) is 7.32. The highest BCUT2D eigenvalue weighted by Gasteiger charge is 2.14. The first-order valence-corrected chi connectivity index (χ1v) is 7.69. The molecular weight excluding hydrogens is 348 g/mol. The van der Waals surface area contributed by atoms with Crippen LogP contribution in [0.2, 0.25) is 5.02 Å². The number of H-pyrrole nitrogens is 1. The highest BCUT2D eigenvalue weighted by atomic mass is 35.5. The first-order chi connectivity index (χ1) is 11.9. The van der Waals surface area contributed by atoms with Gasteiger partial charge in [0.2, 0.25) is 11.6 Å². The number of carboxylic acids is 1. The van der Waals surface area contributed by atoms with Gasteiger partial charge in [-0.05, 0) is 25.1 Å². The van der Waals surface area contributed by atoms with Crippen LogP contribution in [0.1, 0.15) is 17.3 Å². The van der Waals surface area contributed by atoms with Crippen molar-refractivity contribution in [1.82, 2.24) is 25.4 Å². The summed E-state index contributed by atoms with van der Waals surface area (Å²) in [4.78, 5) is 19.6. The molecule has 0 amide bonds. The number of carbonyl (C=O) groups is 1. The molecule has 25 heavy (non-hydrogen) atoms. The number of rotatable bonds is 6. The van der Waals surface area contributed by atoms with Crippen LogP contribution in [-0.2, 0) is 0 Å². The van der Waals surface area contributed by atoms with E-state index < -0.39 is 5.97 Å². The van der Waals surface area contributed by atoms with Crippen molar-refractivity contribution in [3.05, 3.63) is 28.8 Å². The number of aromatic nitrogens is 5. The van der Waals surface area contributed by atoms with Crippen molar-refractivity contribution in [2.45, 2.75) is 13.0 Å². The summed E-state index contributed by atoms with van der Waals surface area (Å²) in [7, 11) is 0. The second kappa shape index (κ2) is 6.87. The van der Waals surface area contributed by atoms with Crippen LogP contribution in [0.4, 0.5) is 17.5 Å². The number of fused-ring (bicyclic) bond motifs is 1. The summed E-state index contributed by atoms with van der Waals surface area (Å²) < 4.78 is 0. The molecule has 0 aliphatic rings. The fraction of sp³-hybridized carbons (Fsp3) is 0.214. The van der Waals surface area contributed by atoms with Crippen LogP contribution in [0.5, 0.6) is 0 Å². The fourth-order valence-electron chi connectivity index (χ4n) is 2.07. The van der Waals surface area contributed by atoms with Crippen LogP contribution in [-0.4, -0.2) is 49.0 Å². The van der Waals surface area contributed by atoms with Crippen molar-refractivity contribution in [3.63, 3.8) is 0 Å². The second-order valence-corrected chi connectivity index (χ2v) is 5.78. The topological polar surface area (TPSA) is 155 Å². The van der Waals surface area contributed by atoms with E-state index in [9.17, 15) is 4.79 Å². The fourth-order valence-corrected chi connectivity index (χ4v) is 2.33. The van der Waals surface area contributed by atoms with Gasteiger partial charge in [-0.2, -0.15) is 20.3 Å². The Bertz CT molecular complexity index is 926. The van der Waals surface area contributed by atoms with E-state index in [2.05, 4.69) is 36.0 Å². The predicted octanol–water partition coefficient (Wildman–Crippen LogP) is 1.60. The van der Waals surface area contributed by atoms with E-state index in [4.69, 9.17) is 22.4 Å². The van der Waals surface area contributed by atoms with E-state index in [0.29, 0.717) is 35.2 Å². The number of nitrogens with two attached hydrogens (primary N) is 1. The van der Waals surface area contributed by atoms with Gasteiger partial charge in [0.05, 0.1) is 10.6 Å². The quantitative estimate of drug-likeness (QED) is 0.439. The molecule has 1 atom stereocenters. The molecule has 130 valence electrons. The van der Waals surface area contributed by atoms with Gasteiger partial charge >= 0.3 is 5.97 Å². The molecule has 2 aromatic heterocycles. The summed E-state index contributed by atoms with van der Waals surface area (Å²) in [5, 5.41) is 25.7. The SMILES string of the molecule is CC(N)CNc1nc(Nc2ccc(C(=O)O)c(Cl)c2)c2n[nH]nc2n1. The lowest BCUT2D eigenvalue weighted by Gasteiger charge is -2.11. The minimum absolute atomic E-state index is 0.0146. The molecule has 0 spiro atoms. The van der Waals surface area contributed by atoms with Crippen LogP contribution < -0.4 is 16.4 Å². The molecule has 0 aliphatic heterocycles. The van der Waals surface area contributed by atoms with Crippen LogP contribution in [0, 0.1) is 0 Å². The van der Waals surface area contributed by atoms with Gasteiger partial charge in [0.25, 0.3) is 0 Å². The van der Waals surface area contributed by atoms with E-state index in [0.717, 1.165) is 0 Å². The first kappa shape index (κ1) is 16.9. The normalized spacial score (nSPS) is 12.1. The Hall–Kier alpha value is -2.98. The lowest BCUT2D eigenvalue weighted by atomic mass is 10.2. The standard InChI is InChI=1S/C14H15ClN8O2/c1-6(16)5-17-14-19-11(10-12(20-14)22-23-21-10)18-7-2-3-8(13(24)25)9(15)4-7/h2-4,6H,5,16H2,1H3,(H,24,25)(H3,17,18,19,20,21,22,23). The third-order valence-corrected chi connectivity index (χ3v) is 3.54. The number of aromatic carboxylic acids is 1. The minimum atomic E-state index is -1.10. The molecule has 0 saturated carbocycles. The highest BCUT2D eigenvalue weighted by molar-refractivity contribution is 6.33. The molecule has 1 aromatic carbocycles. The van der Waals surface area contributed by atoms with Crippen molar-refractivity contribution in [3.8, 4) is 0 Å². The van der Waals surface area contributed by atoms with Gasteiger partial charge in [-0.3, -0.25) is 0 Å². The van der Waals surface area contributed by atoms with Crippen molar-refractivity contribution in [2.24, 2.45) is 5.73 Å². The molecular formula is C14H15ClN8O2. The Kier molecular flexibility index (Phi) is 4.63. The summed E-state index contributed by atoms with van der Waals surface area (Å²) in [6.07, 6.45) is 0. The van der Waals surface area contributed by atoms with Crippen LogP contribution in [0.25, 0.3) is 11.2 Å². The summed E-state index contributed by atoms with van der Waals surface area (Å²) in [5.41, 5.74) is 7.09. The number of hydrogen-bond donors (Lipinski definition) is 5. The van der Waals surface area contributed by atoms with Gasteiger partial charge in [0, 0.05) is 18.3 Å². The number of halogens is 1. The summed E-state index contributed by atoms with van der Waals surface area (Å²) in [6.45, 7) is 2.34. The summed E-state index contributed by atoms with van der Waals surface area (Å²) >= 11 is 5.99. The van der Waals surface area contributed by atoms with Crippen LogP contribution in [0.3, 0.4) is 0 Å². The van der Waals surface area contributed by atoms with Gasteiger partial charge < -0.3 is 21.5 Å². The molecule has 1 unspecified atom stereocenters. The largest absolute Gasteiger partial charge is 0.478 e. The van der Waals surface area contributed by atoms with Crippen molar-refractivity contribution in [1.29, 1.82) is 0 Å². The molecule has 3 rings (SSSR count). The molecule has 3 aromatic rings. The number of carboxylic acid groups (broad SMARTS) is 1. The zero-order valence-corrected chi connectivity index (χ0v) is 13.9. The Labute approximate surface area is 146 Å². The van der Waals surface area contributed by atoms with Gasteiger partial charge in [-0.15, -0.1) is 5.10 Å². The lowest BCUT2D eigenvalue weighted by molar-refractivity contribution is 0.0697. The average molecular weight is 363 g/mol. The zero-order chi connectivity index (χ0) is 18.0. The van der Waals surface area contributed by atoms with Crippen molar-refractivity contribution >= 4 is 46.2 Å². The molecule has 10 nitrogen and oxygen atoms in total. The lowest BCUT2D eigenvalue weighted by Crippen LogP contribution is -2.26. The van der Waals surface area contributed by atoms with Gasteiger partial charge in [-0.25, -0.2) is 4.79 Å². The van der Waals surface area contributed by atoms with Gasteiger partial charge in [0.15, 0.2) is 11.3 Å². The summed E-state index contributed by atoms with van der Waals surface area (Å²) in [5.74, 6) is -0.362. The number of aromatic amines is 1. The molecule has 11 heteroatoms. The maximum atomic E-state index is 11.0.